The number of amides is 1. The van der Waals surface area contributed by atoms with Gasteiger partial charge in [-0.3, -0.25) is 4.79 Å². The zero-order chi connectivity index (χ0) is 24.1. The third kappa shape index (κ3) is 5.87. The number of nitrogens with one attached hydrogen (secondary N) is 1. The van der Waals surface area contributed by atoms with Crippen LogP contribution < -0.4 is 14.9 Å². The van der Waals surface area contributed by atoms with E-state index in [1.165, 1.54) is 30.5 Å². The molecule has 0 saturated carbocycles. The van der Waals surface area contributed by atoms with E-state index >= 15 is 0 Å². The summed E-state index contributed by atoms with van der Waals surface area (Å²) in [6.07, 6.45) is 1.43. The van der Waals surface area contributed by atoms with Crippen LogP contribution in [0.1, 0.15) is 11.1 Å². The van der Waals surface area contributed by atoms with E-state index in [9.17, 15) is 13.2 Å². The summed E-state index contributed by atoms with van der Waals surface area (Å²) >= 11 is 11.8. The smallest absolute Gasteiger partial charge is 0.255 e. The van der Waals surface area contributed by atoms with Gasteiger partial charge in [-0.1, -0.05) is 35.3 Å². The highest BCUT2D eigenvalue weighted by Crippen LogP contribution is 2.32. The van der Waals surface area contributed by atoms with Gasteiger partial charge in [-0.05, 0) is 65.7 Å². The lowest BCUT2D eigenvalue weighted by atomic mass is 10.2. The normalized spacial score (nSPS) is 12.9. The molecule has 4 rings (SSSR count). The van der Waals surface area contributed by atoms with Gasteiger partial charge in [-0.25, -0.2) is 13.8 Å². The Bertz CT molecular complexity index is 1310. The third-order valence-corrected chi connectivity index (χ3v) is 7.15. The van der Waals surface area contributed by atoms with E-state index in [-0.39, 0.29) is 18.2 Å². The van der Waals surface area contributed by atoms with Gasteiger partial charge in [0.1, 0.15) is 0 Å². The average molecular weight is 520 g/mol. The number of hydrazone groups is 1. The number of hydrogen-bond acceptors (Lipinski definition) is 6. The second kappa shape index (κ2) is 10.4. The van der Waals surface area contributed by atoms with E-state index in [0.717, 1.165) is 4.31 Å². The molecule has 1 heterocycles. The first-order valence-corrected chi connectivity index (χ1v) is 12.2. The fourth-order valence-electron chi connectivity index (χ4n) is 3.14. The van der Waals surface area contributed by atoms with Crippen LogP contribution in [-0.2, 0) is 21.4 Å². The molecule has 1 amide bonds. The Balaban J connectivity index is 1.49. The van der Waals surface area contributed by atoms with Crippen molar-refractivity contribution < 1.29 is 22.7 Å². The first kappa shape index (κ1) is 24.0. The molecule has 8 nitrogen and oxygen atoms in total. The lowest BCUT2D eigenvalue weighted by molar-refractivity contribution is -0.121. The summed E-state index contributed by atoms with van der Waals surface area (Å²) < 4.78 is 38.2. The van der Waals surface area contributed by atoms with Gasteiger partial charge >= 0.3 is 0 Å². The maximum absolute atomic E-state index is 13.3. The Kier molecular flexibility index (Phi) is 7.38. The molecular formula is C23H19Cl2N3O5S. The average Bonchev–Trinajstić information content (AvgIpc) is 3.28. The van der Waals surface area contributed by atoms with E-state index < -0.39 is 22.5 Å². The molecule has 0 spiro atoms. The summed E-state index contributed by atoms with van der Waals surface area (Å²) in [7, 11) is -4.01. The van der Waals surface area contributed by atoms with E-state index in [0.29, 0.717) is 32.7 Å². The number of sulfonamides is 1. The topological polar surface area (TPSA) is 97.3 Å². The van der Waals surface area contributed by atoms with Crippen molar-refractivity contribution in [2.24, 2.45) is 5.10 Å². The molecule has 34 heavy (non-hydrogen) atoms. The molecule has 0 aliphatic carbocycles. The number of carbonyl (C=O) groups excluding carboxylic acids is 1. The third-order valence-electron chi connectivity index (χ3n) is 4.84. The molecule has 0 radical (unpaired) electrons. The number of ether oxygens (including phenoxy) is 2. The predicted octanol–water partition coefficient (Wildman–Crippen LogP) is 4.06. The monoisotopic (exact) mass is 519 g/mol. The minimum Gasteiger partial charge on any atom is -0.454 e. The lowest BCUT2D eigenvalue weighted by Gasteiger charge is -2.21. The van der Waals surface area contributed by atoms with Crippen LogP contribution in [0.15, 0.2) is 76.7 Å². The number of hydrogen-bond donors (Lipinski definition) is 1. The number of fused-ring (bicyclic) bond motifs is 1. The van der Waals surface area contributed by atoms with Crippen LogP contribution in [0.3, 0.4) is 0 Å². The van der Waals surface area contributed by atoms with Gasteiger partial charge < -0.3 is 9.47 Å². The van der Waals surface area contributed by atoms with Gasteiger partial charge in [0.15, 0.2) is 11.5 Å². The lowest BCUT2D eigenvalue weighted by Crippen LogP contribution is -2.39. The Labute approximate surface area is 206 Å². The summed E-state index contributed by atoms with van der Waals surface area (Å²) in [5, 5.41) is 4.85. The van der Waals surface area contributed by atoms with Crippen LogP contribution in [0.2, 0.25) is 10.0 Å². The molecule has 1 aliphatic heterocycles. The highest BCUT2D eigenvalue weighted by atomic mass is 35.5. The van der Waals surface area contributed by atoms with E-state index in [2.05, 4.69) is 10.5 Å². The van der Waals surface area contributed by atoms with Crippen molar-refractivity contribution in [2.75, 3.05) is 13.3 Å². The highest BCUT2D eigenvalue weighted by molar-refractivity contribution is 7.89. The Hall–Kier alpha value is -3.11. The summed E-state index contributed by atoms with van der Waals surface area (Å²) in [6.45, 7) is -0.342. The van der Waals surface area contributed by atoms with Crippen LogP contribution in [0.5, 0.6) is 11.5 Å². The maximum atomic E-state index is 13.3. The maximum Gasteiger partial charge on any atom is 0.255 e. The standard InChI is InChI=1S/C23H19Cl2N3O5S/c24-18-4-1-16(2-5-18)13-28(34(30,31)20-8-6-19(25)7-9-20)14-23(29)27-26-12-17-3-10-21-22(11-17)33-15-32-21/h1-12H,13-15H2,(H,27,29)/b26-12-. The summed E-state index contributed by atoms with van der Waals surface area (Å²) in [5.74, 6) is 0.605. The van der Waals surface area contributed by atoms with Crippen molar-refractivity contribution in [3.63, 3.8) is 0 Å². The van der Waals surface area contributed by atoms with Gasteiger partial charge in [0.05, 0.1) is 17.7 Å². The molecular weight excluding hydrogens is 501 g/mol. The van der Waals surface area contributed by atoms with Crippen molar-refractivity contribution in [2.45, 2.75) is 11.4 Å². The summed E-state index contributed by atoms with van der Waals surface area (Å²) in [6, 6.07) is 17.6. The van der Waals surface area contributed by atoms with Crippen molar-refractivity contribution in [1.29, 1.82) is 0 Å². The fraction of sp³-hybridized carbons (Fsp3) is 0.130. The van der Waals surface area contributed by atoms with E-state index in [1.54, 1.807) is 42.5 Å². The molecule has 176 valence electrons. The predicted molar refractivity (Wildman–Crippen MR) is 129 cm³/mol. The number of halogens is 2. The van der Waals surface area contributed by atoms with Crippen molar-refractivity contribution in [3.8, 4) is 11.5 Å². The molecule has 1 aliphatic rings. The van der Waals surface area contributed by atoms with Gasteiger partial charge in [-0.15, -0.1) is 0 Å². The summed E-state index contributed by atoms with van der Waals surface area (Å²) in [4.78, 5) is 12.6. The number of nitrogens with zero attached hydrogens (tertiary/aromatic N) is 2. The molecule has 0 unspecified atom stereocenters. The number of rotatable bonds is 8. The van der Waals surface area contributed by atoms with Gasteiger partial charge in [-0.2, -0.15) is 9.41 Å². The molecule has 11 heteroatoms. The number of carbonyl (C=O) groups is 1. The summed E-state index contributed by atoms with van der Waals surface area (Å²) in [5.41, 5.74) is 3.71. The first-order valence-electron chi connectivity index (χ1n) is 10.0. The molecule has 3 aromatic rings. The Morgan fingerprint density at radius 3 is 2.32 bits per heavy atom. The van der Waals surface area contributed by atoms with Crippen LogP contribution in [0.25, 0.3) is 0 Å². The Morgan fingerprint density at radius 2 is 1.62 bits per heavy atom. The van der Waals surface area contributed by atoms with Crippen molar-refractivity contribution in [3.05, 3.63) is 87.9 Å². The zero-order valence-electron chi connectivity index (χ0n) is 17.6. The van der Waals surface area contributed by atoms with Crippen LogP contribution >= 0.6 is 23.2 Å². The van der Waals surface area contributed by atoms with Crippen LogP contribution in [-0.4, -0.2) is 38.2 Å². The quantitative estimate of drug-likeness (QED) is 0.357. The van der Waals surface area contributed by atoms with Crippen LogP contribution in [0.4, 0.5) is 0 Å². The SMILES string of the molecule is O=C(CN(Cc1ccc(Cl)cc1)S(=O)(=O)c1ccc(Cl)cc1)N/N=C\c1ccc2c(c1)OCO2. The highest BCUT2D eigenvalue weighted by Gasteiger charge is 2.27. The molecule has 0 fully saturated rings. The van der Waals surface area contributed by atoms with E-state index in [4.69, 9.17) is 32.7 Å². The van der Waals surface area contributed by atoms with Gasteiger partial charge in [0.25, 0.3) is 5.91 Å². The molecule has 0 bridgehead atoms. The minimum absolute atomic E-state index is 0.0162. The van der Waals surface area contributed by atoms with Crippen molar-refractivity contribution in [1.82, 2.24) is 9.73 Å². The molecule has 0 saturated heterocycles. The van der Waals surface area contributed by atoms with Gasteiger partial charge in [0, 0.05) is 16.6 Å². The first-order chi connectivity index (χ1) is 16.3. The molecule has 1 N–H and O–H groups in total. The largest absolute Gasteiger partial charge is 0.454 e. The second-order valence-electron chi connectivity index (χ2n) is 7.26. The molecule has 3 aromatic carbocycles. The zero-order valence-corrected chi connectivity index (χ0v) is 20.0. The molecule has 0 atom stereocenters. The van der Waals surface area contributed by atoms with Gasteiger partial charge in [0.2, 0.25) is 16.8 Å². The van der Waals surface area contributed by atoms with Crippen molar-refractivity contribution >= 4 is 45.3 Å². The molecule has 0 aromatic heterocycles. The van der Waals surface area contributed by atoms with E-state index in [1.807, 2.05) is 0 Å². The van der Waals surface area contributed by atoms with Crippen LogP contribution in [0, 0.1) is 0 Å². The fourth-order valence-corrected chi connectivity index (χ4v) is 4.78. The number of benzene rings is 3. The second-order valence-corrected chi connectivity index (χ2v) is 10.1. The minimum atomic E-state index is -4.01. The Morgan fingerprint density at radius 1 is 0.971 bits per heavy atom.